The minimum Gasteiger partial charge on any atom is -0.342 e. The van der Waals surface area contributed by atoms with Crippen molar-refractivity contribution in [2.24, 2.45) is 0 Å². The van der Waals surface area contributed by atoms with Crippen LogP contribution in [-0.2, 0) is 19.3 Å². The molecule has 6 heteroatoms. The van der Waals surface area contributed by atoms with Crippen LogP contribution in [0.1, 0.15) is 34.2 Å². The van der Waals surface area contributed by atoms with Crippen LogP contribution in [0.25, 0.3) is 33.1 Å². The van der Waals surface area contributed by atoms with Gasteiger partial charge in [0.15, 0.2) is 0 Å². The van der Waals surface area contributed by atoms with E-state index in [-0.39, 0.29) is 0 Å². The summed E-state index contributed by atoms with van der Waals surface area (Å²) in [5, 5.41) is 0. The Hall–Kier alpha value is -4.71. The van der Waals surface area contributed by atoms with Gasteiger partial charge in [0.2, 0.25) is 0 Å². The van der Waals surface area contributed by atoms with Crippen molar-refractivity contribution in [3.63, 3.8) is 0 Å². The van der Waals surface area contributed by atoms with Crippen molar-refractivity contribution < 1.29 is 0 Å². The second-order valence-corrected chi connectivity index (χ2v) is 9.29. The Balaban J connectivity index is 1.24. The highest BCUT2D eigenvalue weighted by Gasteiger charge is 2.11. The molecule has 0 spiro atoms. The minimum atomic E-state index is 0.732. The Labute approximate surface area is 207 Å². The fraction of sp³-hybridized carbons (Fsp3) is 0.100. The molecule has 36 heavy (non-hydrogen) atoms. The molecule has 3 heterocycles. The van der Waals surface area contributed by atoms with Crippen LogP contribution < -0.4 is 0 Å². The highest BCUT2D eigenvalue weighted by molar-refractivity contribution is 5.76. The SMILES string of the molecule is c1ccc2[nH]c(Cc3cc(Cc4nc5ccccc5[nH]4)cc(Cc4nc5ccccc5[nH]4)c3)nc2c1. The maximum Gasteiger partial charge on any atom is 0.111 e. The van der Waals surface area contributed by atoms with E-state index in [1.54, 1.807) is 0 Å². The average Bonchev–Trinajstić information content (AvgIpc) is 3.58. The number of rotatable bonds is 6. The van der Waals surface area contributed by atoms with Crippen molar-refractivity contribution in [2.75, 3.05) is 0 Å². The van der Waals surface area contributed by atoms with Gasteiger partial charge in [0, 0.05) is 19.3 Å². The van der Waals surface area contributed by atoms with E-state index in [1.807, 2.05) is 54.6 Å². The Morgan fingerprint density at radius 1 is 0.417 bits per heavy atom. The van der Waals surface area contributed by atoms with E-state index in [0.29, 0.717) is 0 Å². The molecule has 174 valence electrons. The molecule has 3 aromatic heterocycles. The van der Waals surface area contributed by atoms with Crippen LogP contribution in [0, 0.1) is 0 Å². The van der Waals surface area contributed by atoms with Gasteiger partial charge in [-0.15, -0.1) is 0 Å². The first-order valence-corrected chi connectivity index (χ1v) is 12.2. The molecule has 3 N–H and O–H groups in total. The largest absolute Gasteiger partial charge is 0.342 e. The van der Waals surface area contributed by atoms with Crippen molar-refractivity contribution in [2.45, 2.75) is 19.3 Å². The number of hydrogen-bond donors (Lipinski definition) is 3. The third kappa shape index (κ3) is 4.03. The predicted molar refractivity (Wildman–Crippen MR) is 143 cm³/mol. The second kappa shape index (κ2) is 8.50. The zero-order valence-electron chi connectivity index (χ0n) is 19.6. The summed E-state index contributed by atoms with van der Waals surface area (Å²) in [7, 11) is 0. The monoisotopic (exact) mass is 468 g/mol. The van der Waals surface area contributed by atoms with Gasteiger partial charge < -0.3 is 15.0 Å². The Morgan fingerprint density at radius 2 is 0.722 bits per heavy atom. The molecule has 4 aromatic carbocycles. The van der Waals surface area contributed by atoms with E-state index in [0.717, 1.165) is 69.8 Å². The van der Waals surface area contributed by atoms with Crippen LogP contribution in [0.2, 0.25) is 0 Å². The van der Waals surface area contributed by atoms with E-state index in [9.17, 15) is 0 Å². The zero-order valence-corrected chi connectivity index (χ0v) is 19.6. The fourth-order valence-electron chi connectivity index (χ4n) is 4.99. The highest BCUT2D eigenvalue weighted by atomic mass is 14.9. The average molecular weight is 469 g/mol. The zero-order chi connectivity index (χ0) is 23.9. The van der Waals surface area contributed by atoms with Gasteiger partial charge in [-0.3, -0.25) is 0 Å². The van der Waals surface area contributed by atoms with Crippen molar-refractivity contribution in [3.8, 4) is 0 Å². The van der Waals surface area contributed by atoms with Crippen molar-refractivity contribution in [1.82, 2.24) is 29.9 Å². The van der Waals surface area contributed by atoms with E-state index >= 15 is 0 Å². The molecule has 0 saturated carbocycles. The quantitative estimate of drug-likeness (QED) is 0.276. The molecule has 7 rings (SSSR count). The first-order chi connectivity index (χ1) is 17.7. The number of nitrogens with one attached hydrogen (secondary N) is 3. The molecule has 0 saturated heterocycles. The molecule has 0 aliphatic heterocycles. The smallest absolute Gasteiger partial charge is 0.111 e. The van der Waals surface area contributed by atoms with Crippen molar-refractivity contribution in [3.05, 3.63) is 125 Å². The second-order valence-electron chi connectivity index (χ2n) is 9.29. The summed E-state index contributed by atoms with van der Waals surface area (Å²) < 4.78 is 0. The highest BCUT2D eigenvalue weighted by Crippen LogP contribution is 2.21. The van der Waals surface area contributed by atoms with E-state index in [4.69, 9.17) is 15.0 Å². The number of nitrogens with zero attached hydrogens (tertiary/aromatic N) is 3. The molecule has 0 atom stereocenters. The molecular formula is C30H24N6. The van der Waals surface area contributed by atoms with Gasteiger partial charge in [0.25, 0.3) is 0 Å². The first-order valence-electron chi connectivity index (χ1n) is 12.2. The molecule has 0 amide bonds. The first kappa shape index (κ1) is 20.6. The maximum absolute atomic E-state index is 4.80. The number of para-hydroxylation sites is 6. The lowest BCUT2D eigenvalue weighted by Crippen LogP contribution is -2.00. The summed E-state index contributed by atoms with van der Waals surface area (Å²) in [5.41, 5.74) is 9.82. The molecule has 0 aliphatic rings. The van der Waals surface area contributed by atoms with Gasteiger partial charge in [-0.05, 0) is 53.1 Å². The molecule has 0 bridgehead atoms. The van der Waals surface area contributed by atoms with Gasteiger partial charge in [0.05, 0.1) is 33.1 Å². The summed E-state index contributed by atoms with van der Waals surface area (Å²) in [6.45, 7) is 0. The van der Waals surface area contributed by atoms with Crippen LogP contribution in [-0.4, -0.2) is 29.9 Å². The Bertz CT molecular complexity index is 1510. The van der Waals surface area contributed by atoms with Crippen LogP contribution in [0.15, 0.2) is 91.0 Å². The number of fused-ring (bicyclic) bond motifs is 3. The molecule has 6 nitrogen and oxygen atoms in total. The summed E-state index contributed by atoms with van der Waals surface area (Å²) in [5.74, 6) is 2.89. The molecule has 0 unspecified atom stereocenters. The third-order valence-corrected chi connectivity index (χ3v) is 6.54. The van der Waals surface area contributed by atoms with Crippen LogP contribution in [0.5, 0.6) is 0 Å². The summed E-state index contributed by atoms with van der Waals surface area (Å²) in [6.07, 6.45) is 2.20. The summed E-state index contributed by atoms with van der Waals surface area (Å²) >= 11 is 0. The fourth-order valence-corrected chi connectivity index (χ4v) is 4.99. The van der Waals surface area contributed by atoms with Gasteiger partial charge in [-0.1, -0.05) is 54.6 Å². The summed E-state index contributed by atoms with van der Waals surface area (Å²) in [6, 6.07) is 31.3. The molecule has 0 aliphatic carbocycles. The predicted octanol–water partition coefficient (Wildman–Crippen LogP) is 6.09. The molecule has 0 fully saturated rings. The number of hydrogen-bond acceptors (Lipinski definition) is 3. The molecular weight excluding hydrogens is 444 g/mol. The maximum atomic E-state index is 4.80. The number of imidazole rings is 3. The van der Waals surface area contributed by atoms with E-state index in [2.05, 4.69) is 51.4 Å². The lowest BCUT2D eigenvalue weighted by molar-refractivity contribution is 0.983. The molecule has 0 radical (unpaired) electrons. The number of aromatic amines is 3. The van der Waals surface area contributed by atoms with Gasteiger partial charge in [0.1, 0.15) is 17.5 Å². The number of benzene rings is 4. The lowest BCUT2D eigenvalue weighted by atomic mass is 9.99. The number of H-pyrrole nitrogens is 3. The van der Waals surface area contributed by atoms with Crippen molar-refractivity contribution in [1.29, 1.82) is 0 Å². The van der Waals surface area contributed by atoms with Gasteiger partial charge in [-0.25, -0.2) is 15.0 Å². The topological polar surface area (TPSA) is 86.0 Å². The number of aromatic nitrogens is 6. The lowest BCUT2D eigenvalue weighted by Gasteiger charge is -2.08. The van der Waals surface area contributed by atoms with Crippen LogP contribution in [0.4, 0.5) is 0 Å². The van der Waals surface area contributed by atoms with Gasteiger partial charge >= 0.3 is 0 Å². The van der Waals surface area contributed by atoms with Gasteiger partial charge in [-0.2, -0.15) is 0 Å². The molecule has 7 aromatic rings. The Kier molecular flexibility index (Phi) is 4.87. The van der Waals surface area contributed by atoms with E-state index < -0.39 is 0 Å². The normalized spacial score (nSPS) is 11.7. The standard InChI is InChI=1S/C30H24N6/c1-2-8-23-22(7-1)31-28(32-23)16-19-13-20(17-29-33-24-9-3-4-10-25(24)34-29)15-21(14-19)18-30-35-26-11-5-6-12-27(26)36-30/h1-15H,16-18H2,(H,31,32)(H,33,34)(H,35,36). The van der Waals surface area contributed by atoms with E-state index in [1.165, 1.54) is 16.7 Å². The minimum absolute atomic E-state index is 0.732. The summed E-state index contributed by atoms with van der Waals surface area (Å²) in [4.78, 5) is 24.8. The third-order valence-electron chi connectivity index (χ3n) is 6.54. The van der Waals surface area contributed by atoms with Crippen LogP contribution >= 0.6 is 0 Å². The van der Waals surface area contributed by atoms with Crippen LogP contribution in [0.3, 0.4) is 0 Å². The van der Waals surface area contributed by atoms with Crippen molar-refractivity contribution >= 4 is 33.1 Å². The Morgan fingerprint density at radius 3 is 1.03 bits per heavy atom.